The zero-order chi connectivity index (χ0) is 11.1. The Morgan fingerprint density at radius 3 is 2.53 bits per heavy atom. The maximum atomic E-state index is 13.7. The summed E-state index contributed by atoms with van der Waals surface area (Å²) < 4.78 is 13.7. The van der Waals surface area contributed by atoms with Gasteiger partial charge in [-0.2, -0.15) is 0 Å². The second-order valence-electron chi connectivity index (χ2n) is 4.51. The van der Waals surface area contributed by atoms with Gasteiger partial charge in [0.2, 0.25) is 0 Å². The Hall–Kier alpha value is -1.09. The molecule has 1 aliphatic rings. The van der Waals surface area contributed by atoms with Crippen LogP contribution in [0.3, 0.4) is 0 Å². The second kappa shape index (κ2) is 3.49. The van der Waals surface area contributed by atoms with E-state index in [0.29, 0.717) is 12.2 Å². The molecule has 15 heavy (non-hydrogen) atoms. The highest BCUT2D eigenvalue weighted by Gasteiger charge is 2.45. The number of nitrogens with two attached hydrogens (primary N) is 1. The minimum Gasteiger partial charge on any atom is -0.375 e. The second-order valence-corrected chi connectivity index (χ2v) is 4.51. The van der Waals surface area contributed by atoms with Crippen LogP contribution in [0.2, 0.25) is 0 Å². The van der Waals surface area contributed by atoms with Crippen molar-refractivity contribution < 1.29 is 4.39 Å². The van der Waals surface area contributed by atoms with E-state index < -0.39 is 0 Å². The van der Waals surface area contributed by atoms with Gasteiger partial charge in [0.25, 0.3) is 0 Å². The van der Waals surface area contributed by atoms with Crippen molar-refractivity contribution in [2.75, 3.05) is 25.5 Å². The van der Waals surface area contributed by atoms with Gasteiger partial charge in [-0.15, -0.1) is 0 Å². The highest BCUT2D eigenvalue weighted by atomic mass is 19.1. The molecule has 0 aromatic heterocycles. The van der Waals surface area contributed by atoms with Crippen LogP contribution < -0.4 is 10.6 Å². The lowest BCUT2D eigenvalue weighted by Gasteiger charge is -2.23. The monoisotopic (exact) mass is 208 g/mol. The van der Waals surface area contributed by atoms with Gasteiger partial charge < -0.3 is 10.6 Å². The standard InChI is InChI=1S/C12H17FN2/c1-15(2)11-9(4-3-5-10(11)13)12(8-14)6-7-12/h3-5H,6-8,14H2,1-2H3. The van der Waals surface area contributed by atoms with Gasteiger partial charge in [-0.25, -0.2) is 4.39 Å². The van der Waals surface area contributed by atoms with E-state index >= 15 is 0 Å². The van der Waals surface area contributed by atoms with Crippen molar-refractivity contribution >= 4 is 5.69 Å². The molecule has 1 aliphatic carbocycles. The number of nitrogens with zero attached hydrogens (tertiary/aromatic N) is 1. The molecule has 1 fully saturated rings. The van der Waals surface area contributed by atoms with Gasteiger partial charge in [-0.1, -0.05) is 12.1 Å². The van der Waals surface area contributed by atoms with Crippen LogP contribution in [0.4, 0.5) is 10.1 Å². The minimum absolute atomic E-state index is 0.0434. The lowest BCUT2D eigenvalue weighted by Crippen LogP contribution is -2.24. The number of hydrogen-bond donors (Lipinski definition) is 1. The normalized spacial score (nSPS) is 17.6. The number of hydrogen-bond acceptors (Lipinski definition) is 2. The summed E-state index contributed by atoms with van der Waals surface area (Å²) in [5.74, 6) is -0.155. The molecule has 1 aromatic carbocycles. The fourth-order valence-corrected chi connectivity index (χ4v) is 2.13. The van der Waals surface area contributed by atoms with Crippen molar-refractivity contribution in [3.8, 4) is 0 Å². The molecule has 2 nitrogen and oxygen atoms in total. The van der Waals surface area contributed by atoms with Crippen molar-refractivity contribution in [1.82, 2.24) is 0 Å². The van der Waals surface area contributed by atoms with Crippen LogP contribution in [-0.2, 0) is 5.41 Å². The molecular formula is C12H17FN2. The Bertz CT molecular complexity index is 370. The van der Waals surface area contributed by atoms with E-state index in [1.165, 1.54) is 6.07 Å². The zero-order valence-electron chi connectivity index (χ0n) is 9.26. The summed E-state index contributed by atoms with van der Waals surface area (Å²) in [5.41, 5.74) is 7.58. The Kier molecular flexibility index (Phi) is 2.43. The van der Waals surface area contributed by atoms with Crippen molar-refractivity contribution in [2.24, 2.45) is 5.73 Å². The van der Waals surface area contributed by atoms with Gasteiger partial charge in [0.15, 0.2) is 0 Å². The Morgan fingerprint density at radius 1 is 1.40 bits per heavy atom. The van der Waals surface area contributed by atoms with Crippen molar-refractivity contribution in [3.63, 3.8) is 0 Å². The number of rotatable bonds is 3. The van der Waals surface area contributed by atoms with Crippen LogP contribution in [0, 0.1) is 5.82 Å². The number of para-hydroxylation sites is 1. The Balaban J connectivity index is 2.51. The summed E-state index contributed by atoms with van der Waals surface area (Å²) in [6.07, 6.45) is 2.15. The highest BCUT2D eigenvalue weighted by molar-refractivity contribution is 5.59. The van der Waals surface area contributed by atoms with Gasteiger partial charge in [-0.3, -0.25) is 0 Å². The molecule has 0 amide bonds. The van der Waals surface area contributed by atoms with Crippen molar-refractivity contribution in [1.29, 1.82) is 0 Å². The first-order valence-electron chi connectivity index (χ1n) is 5.27. The van der Waals surface area contributed by atoms with E-state index in [2.05, 4.69) is 0 Å². The van der Waals surface area contributed by atoms with E-state index in [-0.39, 0.29) is 11.2 Å². The summed E-state index contributed by atoms with van der Waals surface area (Å²) in [4.78, 5) is 1.83. The Morgan fingerprint density at radius 2 is 2.07 bits per heavy atom. The first kappa shape index (κ1) is 10.4. The van der Waals surface area contributed by atoms with Crippen LogP contribution in [0.5, 0.6) is 0 Å². The maximum absolute atomic E-state index is 13.7. The summed E-state index contributed by atoms with van der Waals surface area (Å²) in [7, 11) is 3.74. The third kappa shape index (κ3) is 1.61. The molecule has 0 saturated heterocycles. The third-order valence-corrected chi connectivity index (χ3v) is 3.25. The summed E-state index contributed by atoms with van der Waals surface area (Å²) in [5, 5.41) is 0. The maximum Gasteiger partial charge on any atom is 0.146 e. The molecule has 2 N–H and O–H groups in total. The number of benzene rings is 1. The molecule has 0 radical (unpaired) electrons. The van der Waals surface area contributed by atoms with Crippen LogP contribution in [0.15, 0.2) is 18.2 Å². The zero-order valence-corrected chi connectivity index (χ0v) is 9.26. The summed E-state index contributed by atoms with van der Waals surface area (Å²) in [6.45, 7) is 0.608. The van der Waals surface area contributed by atoms with Crippen molar-refractivity contribution in [3.05, 3.63) is 29.6 Å². The molecule has 3 heteroatoms. The molecule has 0 heterocycles. The highest BCUT2D eigenvalue weighted by Crippen LogP contribution is 2.50. The SMILES string of the molecule is CN(C)c1c(F)cccc1C1(CN)CC1. The fraction of sp³-hybridized carbons (Fsp3) is 0.500. The number of halogens is 1. The van der Waals surface area contributed by atoms with Crippen LogP contribution in [-0.4, -0.2) is 20.6 Å². The van der Waals surface area contributed by atoms with E-state index in [1.807, 2.05) is 25.1 Å². The lowest BCUT2D eigenvalue weighted by molar-refractivity contribution is 0.614. The molecule has 0 atom stereocenters. The first-order valence-corrected chi connectivity index (χ1v) is 5.27. The predicted octanol–water partition coefficient (Wildman–Crippen LogP) is 1.88. The average molecular weight is 208 g/mol. The van der Waals surface area contributed by atoms with Gasteiger partial charge >= 0.3 is 0 Å². The summed E-state index contributed by atoms with van der Waals surface area (Å²) >= 11 is 0. The van der Waals surface area contributed by atoms with Gasteiger partial charge in [-0.05, 0) is 24.5 Å². The van der Waals surface area contributed by atoms with Gasteiger partial charge in [0.05, 0.1) is 5.69 Å². The lowest BCUT2D eigenvalue weighted by atomic mass is 9.93. The molecule has 0 unspecified atom stereocenters. The van der Waals surface area contributed by atoms with Gasteiger partial charge in [0, 0.05) is 26.1 Å². The predicted molar refractivity (Wildman–Crippen MR) is 60.7 cm³/mol. The van der Waals surface area contributed by atoms with Gasteiger partial charge in [0.1, 0.15) is 5.82 Å². The topological polar surface area (TPSA) is 29.3 Å². The molecule has 82 valence electrons. The van der Waals surface area contributed by atoms with Crippen LogP contribution >= 0.6 is 0 Å². The quantitative estimate of drug-likeness (QED) is 0.821. The molecule has 0 bridgehead atoms. The summed E-state index contributed by atoms with van der Waals surface area (Å²) in [6, 6.07) is 5.27. The largest absolute Gasteiger partial charge is 0.375 e. The molecule has 0 spiro atoms. The van der Waals surface area contributed by atoms with E-state index in [9.17, 15) is 4.39 Å². The van der Waals surface area contributed by atoms with Crippen LogP contribution in [0.25, 0.3) is 0 Å². The van der Waals surface area contributed by atoms with Crippen LogP contribution in [0.1, 0.15) is 18.4 Å². The third-order valence-electron chi connectivity index (χ3n) is 3.25. The molecule has 1 saturated carbocycles. The van der Waals surface area contributed by atoms with E-state index in [0.717, 1.165) is 18.4 Å². The molecule has 0 aliphatic heterocycles. The average Bonchev–Trinajstić information content (AvgIpc) is 2.97. The fourth-order valence-electron chi connectivity index (χ4n) is 2.13. The molecule has 1 aromatic rings. The minimum atomic E-state index is -0.155. The Labute approximate surface area is 89.9 Å². The first-order chi connectivity index (χ1) is 7.10. The van der Waals surface area contributed by atoms with E-state index in [4.69, 9.17) is 5.73 Å². The molecular weight excluding hydrogens is 191 g/mol. The smallest absolute Gasteiger partial charge is 0.146 e. The van der Waals surface area contributed by atoms with E-state index in [1.54, 1.807) is 6.07 Å². The number of anilines is 1. The molecule has 2 rings (SSSR count). The van der Waals surface area contributed by atoms with Crippen molar-refractivity contribution in [2.45, 2.75) is 18.3 Å².